The highest BCUT2D eigenvalue weighted by Crippen LogP contribution is 2.25. The fourth-order valence-corrected chi connectivity index (χ4v) is 2.79. The Morgan fingerprint density at radius 1 is 1.16 bits per heavy atom. The number of hydrogen-bond donors (Lipinski definition) is 1. The van der Waals surface area contributed by atoms with Crippen LogP contribution in [0.1, 0.15) is 23.1 Å². The molecule has 0 unspecified atom stereocenters. The van der Waals surface area contributed by atoms with Crippen LogP contribution < -0.4 is 10.6 Å². The average Bonchev–Trinajstić information content (AvgIpc) is 2.69. The van der Waals surface area contributed by atoms with E-state index >= 15 is 0 Å². The first-order valence-electron chi connectivity index (χ1n) is 6.83. The van der Waals surface area contributed by atoms with Crippen molar-refractivity contribution in [1.29, 1.82) is 0 Å². The standard InChI is InChI=1S/C16H19N3/c17-10-15-11-18-8-7-16(15)19-9-3-6-13-4-1-2-5-14(13)12-19/h1-2,4-5,7-8,11H,3,6,9-10,12,17H2. The smallest absolute Gasteiger partial charge is 0.0445 e. The maximum Gasteiger partial charge on any atom is 0.0445 e. The van der Waals surface area contributed by atoms with Gasteiger partial charge in [0.2, 0.25) is 0 Å². The molecule has 0 spiro atoms. The van der Waals surface area contributed by atoms with E-state index in [9.17, 15) is 0 Å². The largest absolute Gasteiger partial charge is 0.367 e. The zero-order valence-electron chi connectivity index (χ0n) is 11.0. The molecule has 98 valence electrons. The van der Waals surface area contributed by atoms with Crippen molar-refractivity contribution in [3.63, 3.8) is 0 Å². The van der Waals surface area contributed by atoms with Gasteiger partial charge >= 0.3 is 0 Å². The summed E-state index contributed by atoms with van der Waals surface area (Å²) in [6.07, 6.45) is 6.08. The van der Waals surface area contributed by atoms with Crippen LogP contribution in [0, 0.1) is 0 Å². The summed E-state index contributed by atoms with van der Waals surface area (Å²) in [5.74, 6) is 0. The zero-order chi connectivity index (χ0) is 13.1. The number of nitrogens with two attached hydrogens (primary N) is 1. The first-order valence-corrected chi connectivity index (χ1v) is 6.83. The van der Waals surface area contributed by atoms with Crippen LogP contribution in [0.3, 0.4) is 0 Å². The molecule has 0 amide bonds. The second-order valence-electron chi connectivity index (χ2n) is 5.00. The lowest BCUT2D eigenvalue weighted by molar-refractivity contribution is 0.759. The Hall–Kier alpha value is -1.87. The molecule has 1 aliphatic heterocycles. The van der Waals surface area contributed by atoms with Crippen LogP contribution in [0.4, 0.5) is 5.69 Å². The van der Waals surface area contributed by atoms with Crippen molar-refractivity contribution in [3.05, 3.63) is 59.4 Å². The summed E-state index contributed by atoms with van der Waals surface area (Å²) in [4.78, 5) is 6.60. The number of benzene rings is 1. The van der Waals surface area contributed by atoms with Crippen LogP contribution in [-0.4, -0.2) is 11.5 Å². The summed E-state index contributed by atoms with van der Waals surface area (Å²) in [5.41, 5.74) is 11.1. The molecule has 0 fully saturated rings. The number of anilines is 1. The van der Waals surface area contributed by atoms with E-state index in [1.165, 1.54) is 23.2 Å². The number of aromatic nitrogens is 1. The van der Waals surface area contributed by atoms with Gasteiger partial charge in [-0.3, -0.25) is 4.98 Å². The Bertz CT molecular complexity index is 565. The molecule has 3 rings (SSSR count). The third kappa shape index (κ3) is 2.47. The van der Waals surface area contributed by atoms with Gasteiger partial charge in [-0.1, -0.05) is 24.3 Å². The molecule has 3 nitrogen and oxygen atoms in total. The molecule has 0 saturated carbocycles. The fraction of sp³-hybridized carbons (Fsp3) is 0.312. The van der Waals surface area contributed by atoms with Crippen LogP contribution >= 0.6 is 0 Å². The zero-order valence-corrected chi connectivity index (χ0v) is 11.0. The summed E-state index contributed by atoms with van der Waals surface area (Å²) in [6, 6.07) is 10.8. The van der Waals surface area contributed by atoms with Gasteiger partial charge < -0.3 is 10.6 Å². The van der Waals surface area contributed by atoms with E-state index in [0.717, 1.165) is 25.1 Å². The van der Waals surface area contributed by atoms with Gasteiger partial charge in [-0.15, -0.1) is 0 Å². The van der Waals surface area contributed by atoms with Crippen LogP contribution in [-0.2, 0) is 19.5 Å². The van der Waals surface area contributed by atoms with Crippen LogP contribution in [0.2, 0.25) is 0 Å². The monoisotopic (exact) mass is 253 g/mol. The molecule has 0 atom stereocenters. The van der Waals surface area contributed by atoms with Crippen molar-refractivity contribution < 1.29 is 0 Å². The normalized spacial score (nSPS) is 14.9. The first kappa shape index (κ1) is 12.2. The van der Waals surface area contributed by atoms with Crippen LogP contribution in [0.15, 0.2) is 42.7 Å². The van der Waals surface area contributed by atoms with Crippen LogP contribution in [0.5, 0.6) is 0 Å². The summed E-state index contributed by atoms with van der Waals surface area (Å²) >= 11 is 0. The summed E-state index contributed by atoms with van der Waals surface area (Å²) in [5, 5.41) is 0. The van der Waals surface area contributed by atoms with Gasteiger partial charge in [-0.05, 0) is 30.0 Å². The number of nitrogens with zero attached hydrogens (tertiary/aromatic N) is 2. The minimum Gasteiger partial charge on any atom is -0.367 e. The highest BCUT2D eigenvalue weighted by atomic mass is 15.1. The van der Waals surface area contributed by atoms with Crippen molar-refractivity contribution in [1.82, 2.24) is 4.98 Å². The molecule has 2 aromatic rings. The average molecular weight is 253 g/mol. The maximum absolute atomic E-state index is 5.82. The minimum absolute atomic E-state index is 0.543. The molecule has 0 aliphatic carbocycles. The van der Waals surface area contributed by atoms with E-state index in [-0.39, 0.29) is 0 Å². The number of pyridine rings is 1. The number of fused-ring (bicyclic) bond motifs is 1. The minimum atomic E-state index is 0.543. The number of rotatable bonds is 2. The fourth-order valence-electron chi connectivity index (χ4n) is 2.79. The Balaban J connectivity index is 1.94. The summed E-state index contributed by atoms with van der Waals surface area (Å²) in [7, 11) is 0. The van der Waals surface area contributed by atoms with Crippen molar-refractivity contribution in [3.8, 4) is 0 Å². The predicted octanol–water partition coefficient (Wildman–Crippen LogP) is 2.49. The SMILES string of the molecule is NCc1cnccc1N1CCCc2ccccc2C1. The Labute approximate surface area is 114 Å². The molecule has 2 N–H and O–H groups in total. The number of hydrogen-bond acceptors (Lipinski definition) is 3. The molecule has 1 aliphatic rings. The Kier molecular flexibility index (Phi) is 3.47. The van der Waals surface area contributed by atoms with E-state index < -0.39 is 0 Å². The van der Waals surface area contributed by atoms with Gasteiger partial charge in [0.15, 0.2) is 0 Å². The molecule has 0 bridgehead atoms. The van der Waals surface area contributed by atoms with Crippen LogP contribution in [0.25, 0.3) is 0 Å². The highest BCUT2D eigenvalue weighted by molar-refractivity contribution is 5.53. The summed E-state index contributed by atoms with van der Waals surface area (Å²) < 4.78 is 0. The lowest BCUT2D eigenvalue weighted by Crippen LogP contribution is -2.24. The highest BCUT2D eigenvalue weighted by Gasteiger charge is 2.16. The van der Waals surface area contributed by atoms with Gasteiger partial charge in [0.05, 0.1) is 0 Å². The Morgan fingerprint density at radius 3 is 2.84 bits per heavy atom. The number of aryl methyl sites for hydroxylation is 1. The van der Waals surface area contributed by atoms with Crippen molar-refractivity contribution in [2.45, 2.75) is 25.9 Å². The van der Waals surface area contributed by atoms with E-state index in [0.29, 0.717) is 6.54 Å². The summed E-state index contributed by atoms with van der Waals surface area (Å²) in [6.45, 7) is 2.58. The molecule has 19 heavy (non-hydrogen) atoms. The molecule has 0 saturated heterocycles. The van der Waals surface area contributed by atoms with Crippen molar-refractivity contribution in [2.24, 2.45) is 5.73 Å². The third-order valence-corrected chi connectivity index (χ3v) is 3.79. The van der Waals surface area contributed by atoms with Crippen molar-refractivity contribution >= 4 is 5.69 Å². The van der Waals surface area contributed by atoms with Gasteiger partial charge in [0.25, 0.3) is 0 Å². The predicted molar refractivity (Wildman–Crippen MR) is 77.9 cm³/mol. The second-order valence-corrected chi connectivity index (χ2v) is 5.00. The molecule has 1 aromatic heterocycles. The molecule has 1 aromatic carbocycles. The molecular formula is C16H19N3. The topological polar surface area (TPSA) is 42.1 Å². The van der Waals surface area contributed by atoms with E-state index in [1.54, 1.807) is 0 Å². The molecule has 3 heteroatoms. The van der Waals surface area contributed by atoms with E-state index in [2.05, 4.69) is 40.2 Å². The van der Waals surface area contributed by atoms with Gasteiger partial charge in [0.1, 0.15) is 0 Å². The molecular weight excluding hydrogens is 234 g/mol. The second kappa shape index (κ2) is 5.41. The molecule has 0 radical (unpaired) electrons. The van der Waals surface area contributed by atoms with Gasteiger partial charge in [0, 0.05) is 43.3 Å². The maximum atomic E-state index is 5.82. The lowest BCUT2D eigenvalue weighted by Gasteiger charge is -2.25. The Morgan fingerprint density at radius 2 is 2.00 bits per heavy atom. The molecule has 2 heterocycles. The lowest BCUT2D eigenvalue weighted by atomic mass is 10.0. The van der Waals surface area contributed by atoms with Gasteiger partial charge in [-0.2, -0.15) is 0 Å². The quantitative estimate of drug-likeness (QED) is 0.894. The van der Waals surface area contributed by atoms with Gasteiger partial charge in [-0.25, -0.2) is 0 Å². The third-order valence-electron chi connectivity index (χ3n) is 3.79. The van der Waals surface area contributed by atoms with Crippen molar-refractivity contribution in [2.75, 3.05) is 11.4 Å². The first-order chi connectivity index (χ1) is 9.38. The van der Waals surface area contributed by atoms with E-state index in [1.807, 2.05) is 12.4 Å². The van der Waals surface area contributed by atoms with E-state index in [4.69, 9.17) is 5.73 Å².